The Labute approximate surface area is 127 Å². The van der Waals surface area contributed by atoms with Crippen molar-refractivity contribution >= 4 is 29.3 Å². The fourth-order valence-electron chi connectivity index (χ4n) is 1.34. The van der Waals surface area contributed by atoms with E-state index in [1.165, 1.54) is 29.1 Å². The molecule has 0 saturated carbocycles. The molecule has 0 unspecified atom stereocenters. The van der Waals surface area contributed by atoms with E-state index in [9.17, 15) is 14.4 Å². The topological polar surface area (TPSA) is 82.6 Å². The summed E-state index contributed by atoms with van der Waals surface area (Å²) in [4.78, 5) is 41.5. The summed E-state index contributed by atoms with van der Waals surface area (Å²) in [5, 5.41) is 2.82. The van der Waals surface area contributed by atoms with Gasteiger partial charge >= 0.3 is 0 Å². The first-order chi connectivity index (χ1) is 9.81. The summed E-state index contributed by atoms with van der Waals surface area (Å²) < 4.78 is 0. The van der Waals surface area contributed by atoms with Crippen LogP contribution in [0.25, 0.3) is 0 Å². The molecular formula is C13H17ClN4O3. The first-order valence-electron chi connectivity index (χ1n) is 6.15. The van der Waals surface area contributed by atoms with Crippen molar-refractivity contribution in [3.05, 3.63) is 29.0 Å². The van der Waals surface area contributed by atoms with E-state index in [4.69, 9.17) is 11.6 Å². The normalized spacial score (nSPS) is 9.90. The first-order valence-corrected chi connectivity index (χ1v) is 6.53. The summed E-state index contributed by atoms with van der Waals surface area (Å²) >= 11 is 5.75. The van der Waals surface area contributed by atoms with E-state index < -0.39 is 5.91 Å². The Morgan fingerprint density at radius 1 is 1.24 bits per heavy atom. The number of nitrogens with one attached hydrogen (secondary N) is 1. The highest BCUT2D eigenvalue weighted by Crippen LogP contribution is 2.07. The van der Waals surface area contributed by atoms with E-state index in [1.807, 2.05) is 0 Å². The Kier molecular flexibility index (Phi) is 6.10. The average molecular weight is 313 g/mol. The molecule has 0 aliphatic heterocycles. The predicted molar refractivity (Wildman–Crippen MR) is 77.9 cm³/mol. The molecule has 0 aliphatic carbocycles. The standard InChI is InChI=1S/C13H17ClN4O3/c1-17(2)12(20)8-18(3)11(19)7-16-13(21)10-6-9(14)4-5-15-10/h4-6H,7-8H2,1-3H3,(H,16,21). The number of pyridine rings is 1. The van der Waals surface area contributed by atoms with E-state index >= 15 is 0 Å². The number of nitrogens with zero attached hydrogens (tertiary/aromatic N) is 3. The van der Waals surface area contributed by atoms with Crippen molar-refractivity contribution in [2.24, 2.45) is 0 Å². The van der Waals surface area contributed by atoms with Gasteiger partial charge in [-0.25, -0.2) is 0 Å². The van der Waals surface area contributed by atoms with Crippen LogP contribution in [-0.4, -0.2) is 66.7 Å². The second kappa shape index (κ2) is 7.58. The highest BCUT2D eigenvalue weighted by Gasteiger charge is 2.15. The fourth-order valence-corrected chi connectivity index (χ4v) is 1.50. The third-order valence-electron chi connectivity index (χ3n) is 2.65. The predicted octanol–water partition coefficient (Wildman–Crippen LogP) is 0.0114. The molecule has 0 radical (unpaired) electrons. The number of likely N-dealkylation sites (N-methyl/N-ethyl adjacent to an activating group) is 2. The monoisotopic (exact) mass is 312 g/mol. The van der Waals surface area contributed by atoms with Crippen LogP contribution < -0.4 is 5.32 Å². The van der Waals surface area contributed by atoms with Crippen LogP contribution >= 0.6 is 11.6 Å². The number of amides is 3. The van der Waals surface area contributed by atoms with Gasteiger partial charge in [0, 0.05) is 32.4 Å². The minimum atomic E-state index is -0.502. The van der Waals surface area contributed by atoms with Crippen LogP contribution in [0, 0.1) is 0 Å². The minimum absolute atomic E-state index is 0.0445. The van der Waals surface area contributed by atoms with E-state index in [0.717, 1.165) is 0 Å². The summed E-state index contributed by atoms with van der Waals surface area (Å²) in [6, 6.07) is 2.95. The molecule has 0 atom stereocenters. The van der Waals surface area contributed by atoms with Gasteiger partial charge in [0.15, 0.2) is 0 Å². The molecule has 1 aromatic heterocycles. The Morgan fingerprint density at radius 2 is 1.90 bits per heavy atom. The van der Waals surface area contributed by atoms with Gasteiger partial charge in [-0.2, -0.15) is 0 Å². The number of carbonyl (C=O) groups excluding carboxylic acids is 3. The van der Waals surface area contributed by atoms with Crippen LogP contribution in [0.15, 0.2) is 18.3 Å². The number of hydrogen-bond donors (Lipinski definition) is 1. The van der Waals surface area contributed by atoms with E-state index in [1.54, 1.807) is 20.2 Å². The highest BCUT2D eigenvalue weighted by molar-refractivity contribution is 6.30. The second-order valence-corrected chi connectivity index (χ2v) is 5.02. The molecule has 0 saturated heterocycles. The largest absolute Gasteiger partial charge is 0.347 e. The molecule has 0 aliphatic rings. The smallest absolute Gasteiger partial charge is 0.270 e. The number of hydrogen-bond acceptors (Lipinski definition) is 4. The van der Waals surface area contributed by atoms with E-state index in [-0.39, 0.29) is 30.6 Å². The zero-order valence-corrected chi connectivity index (χ0v) is 12.8. The van der Waals surface area contributed by atoms with E-state index in [2.05, 4.69) is 10.3 Å². The molecule has 3 amide bonds. The SMILES string of the molecule is CN(C)C(=O)CN(C)C(=O)CNC(=O)c1cc(Cl)ccn1. The lowest BCUT2D eigenvalue weighted by molar-refractivity contribution is -0.137. The quantitative estimate of drug-likeness (QED) is 0.830. The molecule has 114 valence electrons. The molecule has 1 aromatic rings. The number of aromatic nitrogens is 1. The lowest BCUT2D eigenvalue weighted by Crippen LogP contribution is -2.42. The zero-order chi connectivity index (χ0) is 16.0. The first kappa shape index (κ1) is 16.9. The van der Waals surface area contributed by atoms with Crippen LogP contribution in [0.2, 0.25) is 5.02 Å². The molecule has 0 aromatic carbocycles. The lowest BCUT2D eigenvalue weighted by atomic mass is 10.3. The molecular weight excluding hydrogens is 296 g/mol. The molecule has 7 nitrogen and oxygen atoms in total. The van der Waals surface area contributed by atoms with Crippen molar-refractivity contribution in [2.45, 2.75) is 0 Å². The van der Waals surface area contributed by atoms with E-state index in [0.29, 0.717) is 5.02 Å². The minimum Gasteiger partial charge on any atom is -0.347 e. The van der Waals surface area contributed by atoms with Crippen LogP contribution in [0.5, 0.6) is 0 Å². The van der Waals surface area contributed by atoms with Crippen molar-refractivity contribution in [3.8, 4) is 0 Å². The lowest BCUT2D eigenvalue weighted by Gasteiger charge is -2.19. The maximum atomic E-state index is 11.8. The summed E-state index contributed by atoms with van der Waals surface area (Å²) in [7, 11) is 4.70. The third kappa shape index (κ3) is 5.39. The highest BCUT2D eigenvalue weighted by atomic mass is 35.5. The van der Waals surface area contributed by atoms with Gasteiger partial charge in [0.1, 0.15) is 5.69 Å². The van der Waals surface area contributed by atoms with Gasteiger partial charge in [-0.15, -0.1) is 0 Å². The van der Waals surface area contributed by atoms with Gasteiger partial charge in [-0.1, -0.05) is 11.6 Å². The van der Waals surface area contributed by atoms with Crippen LogP contribution in [0.4, 0.5) is 0 Å². The van der Waals surface area contributed by atoms with Crippen LogP contribution in [0.3, 0.4) is 0 Å². The zero-order valence-electron chi connectivity index (χ0n) is 12.1. The summed E-state index contributed by atoms with van der Waals surface area (Å²) in [5.41, 5.74) is 0.127. The average Bonchev–Trinajstić information content (AvgIpc) is 2.43. The Hall–Kier alpha value is -2.15. The van der Waals surface area contributed by atoms with Gasteiger partial charge in [0.2, 0.25) is 11.8 Å². The molecule has 0 spiro atoms. The van der Waals surface area contributed by atoms with Crippen molar-refractivity contribution in [2.75, 3.05) is 34.2 Å². The number of rotatable bonds is 5. The molecule has 1 N–H and O–H groups in total. The Morgan fingerprint density at radius 3 is 2.48 bits per heavy atom. The number of halogens is 1. The molecule has 8 heteroatoms. The summed E-state index contributed by atoms with van der Waals surface area (Å²) in [6.07, 6.45) is 1.40. The molecule has 1 heterocycles. The molecule has 1 rings (SSSR count). The van der Waals surface area contributed by atoms with Crippen molar-refractivity contribution in [3.63, 3.8) is 0 Å². The van der Waals surface area contributed by atoms with Crippen molar-refractivity contribution in [1.82, 2.24) is 20.1 Å². The van der Waals surface area contributed by atoms with Gasteiger partial charge in [-0.3, -0.25) is 19.4 Å². The van der Waals surface area contributed by atoms with Crippen LogP contribution in [0.1, 0.15) is 10.5 Å². The Bertz CT molecular complexity index is 548. The van der Waals surface area contributed by atoms with Gasteiger partial charge in [-0.05, 0) is 12.1 Å². The van der Waals surface area contributed by atoms with Gasteiger partial charge in [0.05, 0.1) is 13.1 Å². The molecule has 0 fully saturated rings. The maximum absolute atomic E-state index is 11.8. The van der Waals surface area contributed by atoms with Crippen molar-refractivity contribution in [1.29, 1.82) is 0 Å². The van der Waals surface area contributed by atoms with Crippen molar-refractivity contribution < 1.29 is 14.4 Å². The molecule has 21 heavy (non-hydrogen) atoms. The second-order valence-electron chi connectivity index (χ2n) is 4.58. The van der Waals surface area contributed by atoms with Gasteiger partial charge < -0.3 is 15.1 Å². The third-order valence-corrected chi connectivity index (χ3v) is 2.89. The summed E-state index contributed by atoms with van der Waals surface area (Å²) in [6.45, 7) is -0.263. The number of carbonyl (C=O) groups is 3. The fraction of sp³-hybridized carbons (Fsp3) is 0.385. The Balaban J connectivity index is 2.49. The van der Waals surface area contributed by atoms with Gasteiger partial charge in [0.25, 0.3) is 5.91 Å². The summed E-state index contributed by atoms with van der Waals surface area (Å²) in [5.74, 6) is -1.08. The van der Waals surface area contributed by atoms with Crippen LogP contribution in [-0.2, 0) is 9.59 Å². The molecule has 0 bridgehead atoms. The maximum Gasteiger partial charge on any atom is 0.270 e.